The number of nitrogens with zero attached hydrogens (tertiary/aromatic N) is 4. The molecule has 1 aromatic heterocycles. The molecule has 1 N–H and O–H groups in total. The van der Waals surface area contributed by atoms with Crippen molar-refractivity contribution in [3.63, 3.8) is 0 Å². The smallest absolute Gasteiger partial charge is 0.0964 e. The maximum atomic E-state index is 4.23. The van der Waals surface area contributed by atoms with E-state index in [2.05, 4.69) is 45.4 Å². The van der Waals surface area contributed by atoms with Gasteiger partial charge in [-0.1, -0.05) is 5.21 Å². The summed E-state index contributed by atoms with van der Waals surface area (Å²) in [7, 11) is 0. The van der Waals surface area contributed by atoms with Gasteiger partial charge < -0.3 is 5.32 Å². The van der Waals surface area contributed by atoms with Crippen molar-refractivity contribution in [2.24, 2.45) is 0 Å². The van der Waals surface area contributed by atoms with Crippen LogP contribution in [0.3, 0.4) is 0 Å². The van der Waals surface area contributed by atoms with Crippen LogP contribution in [0.15, 0.2) is 6.20 Å². The molecule has 0 amide bonds. The zero-order valence-electron chi connectivity index (χ0n) is 11.6. The van der Waals surface area contributed by atoms with E-state index >= 15 is 0 Å². The van der Waals surface area contributed by atoms with Gasteiger partial charge in [0.15, 0.2) is 0 Å². The van der Waals surface area contributed by atoms with E-state index < -0.39 is 0 Å². The first-order chi connectivity index (χ1) is 9.31. The third-order valence-electron chi connectivity index (χ3n) is 3.86. The lowest BCUT2D eigenvalue weighted by Crippen LogP contribution is -2.42. The largest absolute Gasteiger partial charge is 0.308 e. The fraction of sp³-hybridized carbons (Fsp3) is 0.846. The highest BCUT2D eigenvalue weighted by molar-refractivity contribution is 7.99. The quantitative estimate of drug-likeness (QED) is 0.842. The van der Waals surface area contributed by atoms with E-state index in [9.17, 15) is 0 Å². The molecule has 0 bridgehead atoms. The number of rotatable bonds is 6. The lowest BCUT2D eigenvalue weighted by molar-refractivity contribution is 0.220. The van der Waals surface area contributed by atoms with E-state index in [-0.39, 0.29) is 0 Å². The first-order valence-corrected chi connectivity index (χ1v) is 8.41. The van der Waals surface area contributed by atoms with Crippen LogP contribution in [-0.2, 0) is 13.1 Å². The highest BCUT2D eigenvalue weighted by Crippen LogP contribution is 2.19. The first kappa shape index (κ1) is 13.4. The maximum Gasteiger partial charge on any atom is 0.0964 e. The zero-order chi connectivity index (χ0) is 13.1. The number of hydrogen-bond donors (Lipinski definition) is 1. The average Bonchev–Trinajstić information content (AvgIpc) is 3.14. The van der Waals surface area contributed by atoms with Crippen LogP contribution in [0.2, 0.25) is 0 Å². The zero-order valence-corrected chi connectivity index (χ0v) is 12.4. The van der Waals surface area contributed by atoms with Crippen LogP contribution in [0.25, 0.3) is 0 Å². The Morgan fingerprint density at radius 1 is 1.42 bits per heavy atom. The van der Waals surface area contributed by atoms with Crippen LogP contribution in [0.1, 0.15) is 25.5 Å². The molecule has 1 unspecified atom stereocenters. The molecule has 0 aromatic carbocycles. The van der Waals surface area contributed by atoms with Crippen LogP contribution in [0.4, 0.5) is 0 Å². The minimum atomic E-state index is 0.693. The molecule has 1 saturated carbocycles. The second-order valence-corrected chi connectivity index (χ2v) is 6.74. The lowest BCUT2D eigenvalue weighted by Gasteiger charge is -2.32. The van der Waals surface area contributed by atoms with Crippen molar-refractivity contribution in [3.05, 3.63) is 11.9 Å². The molecular formula is C13H23N5S. The van der Waals surface area contributed by atoms with Gasteiger partial charge in [0.1, 0.15) is 0 Å². The van der Waals surface area contributed by atoms with Crippen molar-refractivity contribution in [1.29, 1.82) is 0 Å². The second kappa shape index (κ2) is 6.24. The molecule has 2 aliphatic rings. The molecule has 1 aromatic rings. The van der Waals surface area contributed by atoms with Gasteiger partial charge in [0.05, 0.1) is 12.2 Å². The standard InChI is InChI=1S/C13H23N5S/c1-11-10-19-7-6-17(11)4-5-18-9-13(15-16-18)8-14-12-2-3-12/h9,11-12,14H,2-8,10H2,1H3. The summed E-state index contributed by atoms with van der Waals surface area (Å²) in [4.78, 5) is 2.56. The maximum absolute atomic E-state index is 4.23. The number of aromatic nitrogens is 3. The summed E-state index contributed by atoms with van der Waals surface area (Å²) in [6.45, 7) is 6.42. The van der Waals surface area contributed by atoms with E-state index in [0.717, 1.165) is 31.4 Å². The number of nitrogens with one attached hydrogen (secondary N) is 1. The van der Waals surface area contributed by atoms with Crippen LogP contribution in [-0.4, -0.2) is 56.6 Å². The van der Waals surface area contributed by atoms with Crippen LogP contribution in [0.5, 0.6) is 0 Å². The van der Waals surface area contributed by atoms with Crippen molar-refractivity contribution < 1.29 is 0 Å². The molecule has 0 spiro atoms. The van der Waals surface area contributed by atoms with Crippen LogP contribution in [0, 0.1) is 0 Å². The Labute approximate surface area is 119 Å². The highest BCUT2D eigenvalue weighted by Gasteiger charge is 2.21. The Morgan fingerprint density at radius 3 is 3.11 bits per heavy atom. The van der Waals surface area contributed by atoms with E-state index in [4.69, 9.17) is 0 Å². The third-order valence-corrected chi connectivity index (χ3v) is 5.05. The summed E-state index contributed by atoms with van der Waals surface area (Å²) in [5, 5.41) is 11.9. The topological polar surface area (TPSA) is 46.0 Å². The third kappa shape index (κ3) is 3.94. The van der Waals surface area contributed by atoms with Crippen molar-refractivity contribution in [3.8, 4) is 0 Å². The summed E-state index contributed by atoms with van der Waals surface area (Å²) in [6, 6.07) is 1.43. The minimum Gasteiger partial charge on any atom is -0.308 e. The summed E-state index contributed by atoms with van der Waals surface area (Å²) in [6.07, 6.45) is 4.72. The molecule has 1 atom stereocenters. The van der Waals surface area contributed by atoms with Crippen LogP contribution >= 0.6 is 11.8 Å². The lowest BCUT2D eigenvalue weighted by atomic mass is 10.3. The van der Waals surface area contributed by atoms with Gasteiger partial charge in [0.2, 0.25) is 0 Å². The van der Waals surface area contributed by atoms with Crippen molar-refractivity contribution in [2.75, 3.05) is 24.6 Å². The minimum absolute atomic E-state index is 0.693. The van der Waals surface area contributed by atoms with Gasteiger partial charge in [-0.2, -0.15) is 11.8 Å². The predicted molar refractivity (Wildman–Crippen MR) is 78.2 cm³/mol. The molecule has 2 fully saturated rings. The van der Waals surface area contributed by atoms with E-state index in [1.165, 1.54) is 30.9 Å². The summed E-state index contributed by atoms with van der Waals surface area (Å²) in [5.74, 6) is 2.52. The van der Waals surface area contributed by atoms with Crippen LogP contribution < -0.4 is 5.32 Å². The van der Waals surface area contributed by atoms with Gasteiger partial charge in [0, 0.05) is 49.4 Å². The fourth-order valence-corrected chi connectivity index (χ4v) is 3.47. The number of thioether (sulfide) groups is 1. The average molecular weight is 281 g/mol. The monoisotopic (exact) mass is 281 g/mol. The molecule has 5 nitrogen and oxygen atoms in total. The Balaban J connectivity index is 1.43. The van der Waals surface area contributed by atoms with Crippen molar-refractivity contribution in [1.82, 2.24) is 25.2 Å². The molecule has 1 saturated heterocycles. The SMILES string of the molecule is CC1CSCCN1CCn1cc(CNC2CC2)nn1. The van der Waals surface area contributed by atoms with Gasteiger partial charge in [-0.05, 0) is 19.8 Å². The highest BCUT2D eigenvalue weighted by atomic mass is 32.2. The molecule has 1 aliphatic heterocycles. The second-order valence-electron chi connectivity index (χ2n) is 5.59. The summed E-state index contributed by atoms with van der Waals surface area (Å²) in [5.41, 5.74) is 1.06. The molecule has 3 rings (SSSR count). The molecule has 1 aliphatic carbocycles. The van der Waals surface area contributed by atoms with Gasteiger partial charge in [-0.25, -0.2) is 0 Å². The molecule has 19 heavy (non-hydrogen) atoms. The summed E-state index contributed by atoms with van der Waals surface area (Å²) < 4.78 is 1.98. The van der Waals surface area contributed by atoms with Gasteiger partial charge in [0.25, 0.3) is 0 Å². The normalized spacial score (nSPS) is 24.8. The van der Waals surface area contributed by atoms with Crippen molar-refractivity contribution in [2.45, 2.75) is 44.9 Å². The van der Waals surface area contributed by atoms with E-state index in [0.29, 0.717) is 6.04 Å². The predicted octanol–water partition coefficient (Wildman–Crippen LogP) is 0.967. The van der Waals surface area contributed by atoms with E-state index in [1.807, 2.05) is 4.68 Å². The molecule has 6 heteroatoms. The first-order valence-electron chi connectivity index (χ1n) is 7.25. The van der Waals surface area contributed by atoms with Crippen molar-refractivity contribution >= 4 is 11.8 Å². The molecular weight excluding hydrogens is 258 g/mol. The van der Waals surface area contributed by atoms with Gasteiger partial charge in [-0.3, -0.25) is 9.58 Å². The number of hydrogen-bond acceptors (Lipinski definition) is 5. The molecule has 2 heterocycles. The molecule has 106 valence electrons. The molecule has 0 radical (unpaired) electrons. The summed E-state index contributed by atoms with van der Waals surface area (Å²) >= 11 is 2.06. The Morgan fingerprint density at radius 2 is 2.32 bits per heavy atom. The Bertz CT molecular complexity index is 403. The fourth-order valence-electron chi connectivity index (χ4n) is 2.39. The van der Waals surface area contributed by atoms with Gasteiger partial charge in [-0.15, -0.1) is 5.10 Å². The Kier molecular flexibility index (Phi) is 4.40. The Hall–Kier alpha value is -0.590. The van der Waals surface area contributed by atoms with Gasteiger partial charge >= 0.3 is 0 Å². The van der Waals surface area contributed by atoms with E-state index in [1.54, 1.807) is 0 Å².